The lowest BCUT2D eigenvalue weighted by Crippen LogP contribution is -2.61. The summed E-state index contributed by atoms with van der Waals surface area (Å²) in [5.41, 5.74) is 11.1. The number of benzene rings is 2. The molecule has 1 aliphatic carbocycles. The van der Waals surface area contributed by atoms with Crippen LogP contribution in [0, 0.1) is 17.7 Å². The Kier molecular flexibility index (Phi) is 10.4. The monoisotopic (exact) mass is 834 g/mol. The van der Waals surface area contributed by atoms with Crippen molar-refractivity contribution in [3.05, 3.63) is 70.9 Å². The lowest BCUT2D eigenvalue weighted by atomic mass is 9.90. The van der Waals surface area contributed by atoms with E-state index in [2.05, 4.69) is 74.7 Å². The summed E-state index contributed by atoms with van der Waals surface area (Å²) in [7, 11) is 0. The van der Waals surface area contributed by atoms with Crippen molar-refractivity contribution in [2.45, 2.75) is 102 Å². The number of hydrazine groups is 1. The smallest absolute Gasteiger partial charge is 0.255 e. The van der Waals surface area contributed by atoms with E-state index in [0.29, 0.717) is 28.7 Å². The molecule has 3 aromatic rings. The minimum atomic E-state index is -0.755. The van der Waals surface area contributed by atoms with Gasteiger partial charge in [-0.05, 0) is 108 Å². The molecule has 7 heterocycles. The summed E-state index contributed by atoms with van der Waals surface area (Å²) in [5, 5.41) is 2.32. The van der Waals surface area contributed by atoms with Gasteiger partial charge < -0.3 is 24.9 Å². The van der Waals surface area contributed by atoms with Gasteiger partial charge >= 0.3 is 0 Å². The lowest BCUT2D eigenvalue weighted by Gasteiger charge is -2.50. The fraction of sp³-hybridized carbons (Fsp3) is 0.587. The number of anilines is 3. The highest BCUT2D eigenvalue weighted by Gasteiger charge is 2.43. The molecule has 10 rings (SSSR count). The van der Waals surface area contributed by atoms with Crippen LogP contribution in [0.1, 0.15) is 105 Å². The molecular formula is C46H59FN10O4. The largest absolute Gasteiger partial charge is 0.488 e. The maximum absolute atomic E-state index is 16.1. The van der Waals surface area contributed by atoms with Gasteiger partial charge in [0.15, 0.2) is 5.82 Å². The number of carbonyl (C=O) groups excluding carboxylic acids is 3. The van der Waals surface area contributed by atoms with Crippen molar-refractivity contribution in [1.29, 1.82) is 0 Å². The van der Waals surface area contributed by atoms with Crippen molar-refractivity contribution in [2.75, 3.05) is 74.1 Å². The molecule has 324 valence electrons. The maximum atomic E-state index is 16.1. The van der Waals surface area contributed by atoms with Crippen molar-refractivity contribution in [3.8, 4) is 5.75 Å². The number of halogens is 1. The van der Waals surface area contributed by atoms with Crippen LogP contribution in [-0.2, 0) is 16.1 Å². The van der Waals surface area contributed by atoms with Gasteiger partial charge in [0, 0.05) is 93.6 Å². The number of carbonyl (C=O) groups is 3. The first-order chi connectivity index (χ1) is 29.4. The Labute approximate surface area is 357 Å². The highest BCUT2D eigenvalue weighted by molar-refractivity contribution is 6.05. The molecule has 0 bridgehead atoms. The number of piperazine rings is 1. The molecule has 61 heavy (non-hydrogen) atoms. The van der Waals surface area contributed by atoms with Gasteiger partial charge in [-0.2, -0.15) is 0 Å². The normalized spacial score (nSPS) is 25.6. The van der Waals surface area contributed by atoms with Gasteiger partial charge in [-0.3, -0.25) is 29.5 Å². The fourth-order valence-corrected chi connectivity index (χ4v) is 10.7. The van der Waals surface area contributed by atoms with E-state index < -0.39 is 11.9 Å². The van der Waals surface area contributed by atoms with Gasteiger partial charge in [0.1, 0.15) is 29.5 Å². The molecular weight excluding hydrogens is 776 g/mol. The summed E-state index contributed by atoms with van der Waals surface area (Å²) in [6.45, 7) is 15.8. The first kappa shape index (κ1) is 40.2. The van der Waals surface area contributed by atoms with Crippen molar-refractivity contribution in [3.63, 3.8) is 0 Å². The molecule has 0 spiro atoms. The lowest BCUT2D eigenvalue weighted by molar-refractivity contribution is -0.136. The van der Waals surface area contributed by atoms with Gasteiger partial charge in [-0.15, -0.1) is 0 Å². The average Bonchev–Trinajstić information content (AvgIpc) is 3.66. The van der Waals surface area contributed by atoms with Crippen molar-refractivity contribution >= 4 is 34.9 Å². The first-order valence-electron chi connectivity index (χ1n) is 22.5. The predicted octanol–water partition coefficient (Wildman–Crippen LogP) is 4.86. The summed E-state index contributed by atoms with van der Waals surface area (Å²) < 4.78 is 22.3. The summed E-state index contributed by atoms with van der Waals surface area (Å²) >= 11 is 0. The minimum absolute atomic E-state index is 0.0282. The van der Waals surface area contributed by atoms with Crippen LogP contribution in [0.5, 0.6) is 5.75 Å². The topological polar surface area (TPSA) is 139 Å². The Morgan fingerprint density at radius 1 is 0.852 bits per heavy atom. The number of hydrogen-bond acceptors (Lipinski definition) is 12. The number of imide groups is 1. The van der Waals surface area contributed by atoms with Crippen molar-refractivity contribution in [1.82, 2.24) is 35.4 Å². The van der Waals surface area contributed by atoms with Gasteiger partial charge in [0.25, 0.3) is 5.91 Å². The van der Waals surface area contributed by atoms with Gasteiger partial charge in [0.2, 0.25) is 11.8 Å². The van der Waals surface area contributed by atoms with E-state index in [1.165, 1.54) is 4.90 Å². The molecule has 5 fully saturated rings. The molecule has 4 saturated heterocycles. The Morgan fingerprint density at radius 2 is 1.61 bits per heavy atom. The summed E-state index contributed by atoms with van der Waals surface area (Å²) in [6, 6.07) is 11.0. The van der Waals surface area contributed by atoms with Gasteiger partial charge in [-0.25, -0.2) is 19.8 Å². The molecule has 15 heteroatoms. The summed E-state index contributed by atoms with van der Waals surface area (Å²) in [4.78, 5) is 58.1. The molecule has 3 N–H and O–H groups in total. The number of rotatable bonds is 10. The molecule has 6 aliphatic heterocycles. The van der Waals surface area contributed by atoms with Crippen LogP contribution in [0.25, 0.3) is 0 Å². The number of hydrogen-bond donors (Lipinski definition) is 3. The second-order valence-corrected chi connectivity index (χ2v) is 19.5. The van der Waals surface area contributed by atoms with E-state index >= 15 is 4.39 Å². The van der Waals surface area contributed by atoms with E-state index in [9.17, 15) is 14.4 Å². The fourth-order valence-electron chi connectivity index (χ4n) is 10.7. The Morgan fingerprint density at radius 3 is 2.34 bits per heavy atom. The zero-order valence-corrected chi connectivity index (χ0v) is 35.7. The predicted molar refractivity (Wildman–Crippen MR) is 230 cm³/mol. The molecule has 14 nitrogen and oxygen atoms in total. The molecule has 2 atom stereocenters. The van der Waals surface area contributed by atoms with Crippen molar-refractivity contribution in [2.24, 2.45) is 11.8 Å². The average molecular weight is 835 g/mol. The van der Waals surface area contributed by atoms with E-state index in [0.717, 1.165) is 126 Å². The molecule has 1 saturated carbocycles. The third-order valence-electron chi connectivity index (χ3n) is 14.6. The standard InChI is InChI=1S/C46H59FN10O4/c1-45(2)27-53(24-29-12-18-55(19-13-29)39-23-36(48-28-49-39)42-33-22-31(61-46(3)14-15-46)4-6-35(33)51-52-42)20-21-56(45)25-30-10-16-54(17-11-30)37-7-5-32-34(41(37)47)26-57(44(32)60)38-8-9-40(58)50-43(38)59/h4-7,22-23,28-30,38,42,51-52H,8-21,24-27H2,1-3H3,(H,50,58,59). The second-order valence-electron chi connectivity index (χ2n) is 19.5. The number of aromatic nitrogens is 2. The van der Waals surface area contributed by atoms with Crippen LogP contribution >= 0.6 is 0 Å². The van der Waals surface area contributed by atoms with Crippen LogP contribution in [0.15, 0.2) is 42.7 Å². The number of piperidine rings is 3. The maximum Gasteiger partial charge on any atom is 0.255 e. The third kappa shape index (κ3) is 8.04. The number of nitrogens with zero attached hydrogens (tertiary/aromatic N) is 7. The Balaban J connectivity index is 0.685. The zero-order chi connectivity index (χ0) is 42.0. The summed E-state index contributed by atoms with van der Waals surface area (Å²) in [5.74, 6) is 1.55. The highest BCUT2D eigenvalue weighted by Crippen LogP contribution is 2.42. The zero-order valence-electron chi connectivity index (χ0n) is 35.7. The van der Waals surface area contributed by atoms with Gasteiger partial charge in [-0.1, -0.05) is 0 Å². The third-order valence-corrected chi connectivity index (χ3v) is 14.6. The Bertz CT molecular complexity index is 2200. The molecule has 1 aromatic heterocycles. The van der Waals surface area contributed by atoms with E-state index in [4.69, 9.17) is 14.7 Å². The van der Waals surface area contributed by atoms with E-state index in [1.54, 1.807) is 18.5 Å². The molecule has 2 unspecified atom stereocenters. The molecule has 7 aliphatic rings. The highest BCUT2D eigenvalue weighted by atomic mass is 19.1. The van der Waals surface area contributed by atoms with E-state index in [1.807, 2.05) is 6.07 Å². The molecule has 3 amide bonds. The van der Waals surface area contributed by atoms with Crippen LogP contribution in [-0.4, -0.2) is 118 Å². The van der Waals surface area contributed by atoms with Gasteiger partial charge in [0.05, 0.1) is 29.7 Å². The SMILES string of the molecule is CC1(Oc2ccc3c(c2)C(c2cc(N4CCC(CN5CCN(CC6CCN(c7ccc8c(c7F)CN(C7CCC(=O)NC7=O)C8=O)CC6)C(C)(C)C5)CC4)ncn2)NN3)CC1. The van der Waals surface area contributed by atoms with E-state index in [-0.39, 0.29) is 54.2 Å². The van der Waals surface area contributed by atoms with Crippen molar-refractivity contribution < 1.29 is 23.5 Å². The van der Waals surface area contributed by atoms with Crippen LogP contribution < -0.4 is 30.7 Å². The molecule has 2 aromatic carbocycles. The number of amides is 3. The number of fused-ring (bicyclic) bond motifs is 2. The Hall–Kier alpha value is -4.86. The number of ether oxygens (including phenoxy) is 1. The molecule has 0 radical (unpaired) electrons. The van der Waals surface area contributed by atoms with Crippen LogP contribution in [0.4, 0.5) is 21.6 Å². The summed E-state index contributed by atoms with van der Waals surface area (Å²) in [6.07, 6.45) is 8.58. The first-order valence-corrected chi connectivity index (χ1v) is 22.5. The minimum Gasteiger partial charge on any atom is -0.488 e. The van der Waals surface area contributed by atoms with Crippen LogP contribution in [0.3, 0.4) is 0 Å². The van der Waals surface area contributed by atoms with Crippen LogP contribution in [0.2, 0.25) is 0 Å². The quantitative estimate of drug-likeness (QED) is 0.241. The second kappa shape index (κ2) is 15.8. The number of nitrogens with one attached hydrogen (secondary N) is 3.